The number of halogens is 2. The van der Waals surface area contributed by atoms with Crippen molar-refractivity contribution >= 4 is 5.71 Å². The lowest BCUT2D eigenvalue weighted by Crippen LogP contribution is -2.46. The number of benzene rings is 1. The third kappa shape index (κ3) is 3.73. The van der Waals surface area contributed by atoms with Crippen LogP contribution in [0.5, 0.6) is 0 Å². The molecule has 0 N–H and O–H groups in total. The quantitative estimate of drug-likeness (QED) is 0.443. The van der Waals surface area contributed by atoms with Crippen molar-refractivity contribution in [2.75, 3.05) is 0 Å². The van der Waals surface area contributed by atoms with Crippen LogP contribution in [0.4, 0.5) is 8.78 Å². The van der Waals surface area contributed by atoms with Crippen LogP contribution in [-0.2, 0) is 5.54 Å². The highest BCUT2D eigenvalue weighted by molar-refractivity contribution is 6.05. The van der Waals surface area contributed by atoms with E-state index in [4.69, 9.17) is 5.10 Å². The minimum atomic E-state index is -0.509. The summed E-state index contributed by atoms with van der Waals surface area (Å²) in [6.07, 6.45) is 5.65. The van der Waals surface area contributed by atoms with Gasteiger partial charge in [-0.3, -0.25) is 5.01 Å². The van der Waals surface area contributed by atoms with E-state index in [-0.39, 0.29) is 30.4 Å². The molecule has 0 spiro atoms. The average Bonchev–Trinajstić information content (AvgIpc) is 3.09. The number of aryl methyl sites for hydroxylation is 1. The first-order chi connectivity index (χ1) is 13.8. The smallest absolute Gasteiger partial charge is 0.110 e. The van der Waals surface area contributed by atoms with E-state index in [0.717, 1.165) is 29.7 Å². The van der Waals surface area contributed by atoms with Crippen molar-refractivity contribution in [1.29, 1.82) is 0 Å². The summed E-state index contributed by atoms with van der Waals surface area (Å²) in [7, 11) is 0. The van der Waals surface area contributed by atoms with Gasteiger partial charge in [-0.05, 0) is 43.4 Å². The Morgan fingerprint density at radius 2 is 2.03 bits per heavy atom. The van der Waals surface area contributed by atoms with Gasteiger partial charge >= 0.3 is 0 Å². The maximum absolute atomic E-state index is 14.7. The molecule has 2 unspecified atom stereocenters. The Labute approximate surface area is 173 Å². The first-order valence-corrected chi connectivity index (χ1v) is 10.3. The highest BCUT2D eigenvalue weighted by atomic mass is 19.1. The Morgan fingerprint density at radius 3 is 2.66 bits per heavy atom. The average molecular weight is 397 g/mol. The first kappa shape index (κ1) is 21.2. The van der Waals surface area contributed by atoms with Crippen molar-refractivity contribution in [1.82, 2.24) is 5.01 Å². The van der Waals surface area contributed by atoms with Crippen LogP contribution in [-0.4, -0.2) is 10.7 Å². The molecule has 0 saturated carbocycles. The van der Waals surface area contributed by atoms with E-state index in [0.29, 0.717) is 17.7 Å². The summed E-state index contributed by atoms with van der Waals surface area (Å²) in [5, 5.41) is 6.77. The van der Waals surface area contributed by atoms with Gasteiger partial charge in [0.2, 0.25) is 0 Å². The fourth-order valence-electron chi connectivity index (χ4n) is 4.77. The minimum Gasteiger partial charge on any atom is -0.259 e. The van der Waals surface area contributed by atoms with Crippen molar-refractivity contribution in [3.8, 4) is 0 Å². The van der Waals surface area contributed by atoms with Crippen LogP contribution < -0.4 is 0 Å². The standard InChI is InChI=1S/C25H30F2N2/c1-6-10-19(7-2)25(22-12-9-8-11-18(22)5)16-24(28-29(25)17(3)4)21-15-20(26)13-14-23(21)27/h6,8-9,11-12,15,19H,1,3,7,10,13-14,16H2,2,4-5H3. The molecule has 2 atom stereocenters. The molecule has 3 rings (SSSR count). The zero-order chi connectivity index (χ0) is 21.2. The highest BCUT2D eigenvalue weighted by Gasteiger charge is 2.50. The van der Waals surface area contributed by atoms with Crippen LogP contribution in [0.15, 0.2) is 77.6 Å². The normalized spacial score (nSPS) is 23.0. The van der Waals surface area contributed by atoms with Gasteiger partial charge in [0.05, 0.1) is 11.3 Å². The number of hydrazone groups is 1. The summed E-state index contributed by atoms with van der Waals surface area (Å²) < 4.78 is 28.7. The second-order valence-electron chi connectivity index (χ2n) is 8.05. The second-order valence-corrected chi connectivity index (χ2v) is 8.05. The maximum Gasteiger partial charge on any atom is 0.110 e. The van der Waals surface area contributed by atoms with Gasteiger partial charge < -0.3 is 0 Å². The van der Waals surface area contributed by atoms with Crippen LogP contribution in [0, 0.1) is 12.8 Å². The van der Waals surface area contributed by atoms with Crippen molar-refractivity contribution in [2.24, 2.45) is 11.0 Å². The van der Waals surface area contributed by atoms with Crippen LogP contribution in [0.3, 0.4) is 0 Å². The number of hydrogen-bond acceptors (Lipinski definition) is 2. The van der Waals surface area contributed by atoms with E-state index in [1.54, 1.807) is 0 Å². The molecule has 1 heterocycles. The molecule has 0 saturated heterocycles. The summed E-state index contributed by atoms with van der Waals surface area (Å²) in [5.74, 6) is -0.387. The van der Waals surface area contributed by atoms with E-state index in [2.05, 4.69) is 39.1 Å². The van der Waals surface area contributed by atoms with Crippen LogP contribution in [0.1, 0.15) is 57.1 Å². The van der Waals surface area contributed by atoms with Gasteiger partial charge in [0.1, 0.15) is 11.7 Å². The number of hydrogen-bond donors (Lipinski definition) is 0. The molecule has 1 aromatic rings. The van der Waals surface area contributed by atoms with Gasteiger partial charge in [-0.2, -0.15) is 5.10 Å². The Balaban J connectivity index is 2.22. The molecule has 1 aliphatic heterocycles. The number of rotatable bonds is 7. The fourth-order valence-corrected chi connectivity index (χ4v) is 4.77. The van der Waals surface area contributed by atoms with Crippen LogP contribution in [0.25, 0.3) is 0 Å². The fraction of sp³-hybridized carbons (Fsp3) is 0.400. The molecule has 0 amide bonds. The van der Waals surface area contributed by atoms with Crippen molar-refractivity contribution in [3.05, 3.63) is 83.6 Å². The Bertz CT molecular complexity index is 909. The third-order valence-electron chi connectivity index (χ3n) is 6.12. The highest BCUT2D eigenvalue weighted by Crippen LogP contribution is 2.50. The maximum atomic E-state index is 14.7. The zero-order valence-electron chi connectivity index (χ0n) is 17.6. The molecular formula is C25H30F2N2. The summed E-state index contributed by atoms with van der Waals surface area (Å²) >= 11 is 0. The predicted octanol–water partition coefficient (Wildman–Crippen LogP) is 7.26. The molecule has 2 nitrogen and oxygen atoms in total. The topological polar surface area (TPSA) is 15.6 Å². The SMILES string of the molecule is C=CCC(CC)C1(c2ccccc2C)CC(C2=C(F)CCC(F)=C2)=NN1C(=C)C. The molecule has 0 bridgehead atoms. The largest absolute Gasteiger partial charge is 0.259 e. The lowest BCUT2D eigenvalue weighted by molar-refractivity contribution is 0.0830. The molecule has 4 heteroatoms. The van der Waals surface area contributed by atoms with E-state index in [1.807, 2.05) is 30.1 Å². The Kier molecular flexibility index (Phi) is 6.21. The summed E-state index contributed by atoms with van der Waals surface area (Å²) in [5.41, 5.74) is 3.46. The van der Waals surface area contributed by atoms with Crippen LogP contribution in [0.2, 0.25) is 0 Å². The van der Waals surface area contributed by atoms with Crippen molar-refractivity contribution < 1.29 is 8.78 Å². The Hall–Kier alpha value is -2.49. The molecule has 1 aromatic carbocycles. The molecule has 1 aliphatic carbocycles. The molecule has 0 aromatic heterocycles. The number of nitrogens with zero attached hydrogens (tertiary/aromatic N) is 2. The molecule has 0 radical (unpaired) electrons. The number of allylic oxidation sites excluding steroid dienone is 6. The molecule has 29 heavy (non-hydrogen) atoms. The summed E-state index contributed by atoms with van der Waals surface area (Å²) in [6.45, 7) is 14.3. The summed E-state index contributed by atoms with van der Waals surface area (Å²) in [4.78, 5) is 0. The van der Waals surface area contributed by atoms with Crippen molar-refractivity contribution in [3.63, 3.8) is 0 Å². The molecule has 2 aliphatic rings. The Morgan fingerprint density at radius 1 is 1.31 bits per heavy atom. The first-order valence-electron chi connectivity index (χ1n) is 10.3. The minimum absolute atomic E-state index is 0.0883. The third-order valence-corrected chi connectivity index (χ3v) is 6.12. The predicted molar refractivity (Wildman–Crippen MR) is 117 cm³/mol. The monoisotopic (exact) mass is 396 g/mol. The second kappa shape index (κ2) is 8.48. The van der Waals surface area contributed by atoms with E-state index >= 15 is 0 Å². The van der Waals surface area contributed by atoms with Gasteiger partial charge in [-0.15, -0.1) is 6.58 Å². The van der Waals surface area contributed by atoms with Gasteiger partial charge in [-0.25, -0.2) is 8.78 Å². The van der Waals surface area contributed by atoms with Gasteiger partial charge in [-0.1, -0.05) is 50.3 Å². The lowest BCUT2D eigenvalue weighted by Gasteiger charge is -2.45. The zero-order valence-corrected chi connectivity index (χ0v) is 17.6. The van der Waals surface area contributed by atoms with Crippen molar-refractivity contribution in [2.45, 2.75) is 58.4 Å². The lowest BCUT2D eigenvalue weighted by atomic mass is 9.70. The molecular weight excluding hydrogens is 366 g/mol. The van der Waals surface area contributed by atoms with Gasteiger partial charge in [0.25, 0.3) is 0 Å². The van der Waals surface area contributed by atoms with E-state index in [1.165, 1.54) is 6.08 Å². The van der Waals surface area contributed by atoms with E-state index < -0.39 is 5.54 Å². The van der Waals surface area contributed by atoms with Gasteiger partial charge in [0, 0.05) is 30.5 Å². The van der Waals surface area contributed by atoms with Crippen LogP contribution >= 0.6 is 0 Å². The van der Waals surface area contributed by atoms with E-state index in [9.17, 15) is 8.78 Å². The van der Waals surface area contributed by atoms with Gasteiger partial charge in [0.15, 0.2) is 0 Å². The molecule has 0 fully saturated rings. The molecule has 154 valence electrons. The summed E-state index contributed by atoms with van der Waals surface area (Å²) in [6, 6.07) is 8.26.